The van der Waals surface area contributed by atoms with Crippen molar-refractivity contribution in [2.24, 2.45) is 0 Å². The van der Waals surface area contributed by atoms with E-state index in [-0.39, 0.29) is 25.2 Å². The lowest BCUT2D eigenvalue weighted by atomic mass is 10.0. The Morgan fingerprint density at radius 3 is 0.855 bits per heavy atom. The van der Waals surface area contributed by atoms with Crippen molar-refractivity contribution in [3.8, 4) is 0 Å². The third kappa shape index (κ3) is 62.8. The van der Waals surface area contributed by atoms with E-state index in [1.54, 1.807) is 0 Å². The van der Waals surface area contributed by atoms with Crippen LogP contribution in [0.5, 0.6) is 0 Å². The number of hydrogen-bond donors (Lipinski definition) is 1. The molecule has 0 radical (unpaired) electrons. The highest BCUT2D eigenvalue weighted by atomic mass is 16.6. The van der Waals surface area contributed by atoms with Crippen molar-refractivity contribution in [3.63, 3.8) is 0 Å². The van der Waals surface area contributed by atoms with Crippen LogP contribution >= 0.6 is 0 Å². The van der Waals surface area contributed by atoms with Gasteiger partial charge < -0.3 is 14.6 Å². The van der Waals surface area contributed by atoms with Crippen molar-refractivity contribution in [2.45, 2.75) is 302 Å². The van der Waals surface area contributed by atoms with Crippen LogP contribution < -0.4 is 0 Å². The van der Waals surface area contributed by atoms with Gasteiger partial charge in [0.1, 0.15) is 6.61 Å². The number of aliphatic hydroxyl groups excluding tert-OH is 1. The van der Waals surface area contributed by atoms with Crippen LogP contribution in [0.25, 0.3) is 0 Å². The third-order valence-corrected chi connectivity index (χ3v) is 13.7. The zero-order valence-electron chi connectivity index (χ0n) is 49.7. The summed E-state index contributed by atoms with van der Waals surface area (Å²) < 4.78 is 10.7. The van der Waals surface area contributed by atoms with Crippen molar-refractivity contribution in [1.82, 2.24) is 0 Å². The number of carbonyl (C=O) groups excluding carboxylic acids is 2. The quantitative estimate of drug-likeness (QED) is 0.0373. The smallest absolute Gasteiger partial charge is 0.306 e. The summed E-state index contributed by atoms with van der Waals surface area (Å²) in [6, 6.07) is 0. The molecule has 0 aromatic heterocycles. The fourth-order valence-electron chi connectivity index (χ4n) is 8.96. The molecule has 0 saturated carbocycles. The minimum absolute atomic E-state index is 0.0727. The molecule has 0 fully saturated rings. The lowest BCUT2D eigenvalue weighted by Gasteiger charge is -2.15. The Kier molecular flexibility index (Phi) is 62.4. The maximum Gasteiger partial charge on any atom is 0.306 e. The predicted octanol–water partition coefficient (Wildman–Crippen LogP) is 22.2. The standard InChI is InChI=1S/C71H120O5/c1-3-5-7-9-11-13-15-17-19-21-23-25-27-28-29-30-31-32-33-34-35-36-37-38-39-40-41-42-44-46-48-50-52-54-56-58-60-62-64-66-71(74)76-69(67-72)68-75-70(73)65-63-61-59-57-55-53-51-49-47-45-43-26-24-22-20-18-16-14-12-10-8-6-4-2/h5,7,11,13,16-19,22-25,28-29,31-32,34-35,43,45,69,72H,3-4,6,8-10,12,14-15,20-21,26-27,30,33,36-42,44,46-68H2,1-2H3/b7-5-,13-11-,18-16-,19-17-,24-22-,25-23-,29-28-,32-31-,35-34-,45-43-. The molecule has 0 rings (SSSR count). The highest BCUT2D eigenvalue weighted by Crippen LogP contribution is 2.16. The molecule has 1 unspecified atom stereocenters. The lowest BCUT2D eigenvalue weighted by molar-refractivity contribution is -0.161. The molecule has 434 valence electrons. The molecule has 5 heteroatoms. The summed E-state index contributed by atoms with van der Waals surface area (Å²) in [6.07, 6.45) is 96.2. The highest BCUT2D eigenvalue weighted by molar-refractivity contribution is 5.70. The Balaban J connectivity index is 3.50. The number of hydrogen-bond acceptors (Lipinski definition) is 5. The Bertz CT molecular complexity index is 1520. The number of allylic oxidation sites excluding steroid dienone is 20. The van der Waals surface area contributed by atoms with Crippen LogP contribution in [0, 0.1) is 0 Å². The minimum Gasteiger partial charge on any atom is -0.462 e. The van der Waals surface area contributed by atoms with Crippen LogP contribution in [0.3, 0.4) is 0 Å². The fraction of sp³-hybridized carbons (Fsp3) is 0.690. The average molecular weight is 1050 g/mol. The summed E-state index contributed by atoms with van der Waals surface area (Å²) in [5, 5.41) is 9.68. The van der Waals surface area contributed by atoms with Crippen LogP contribution in [0.2, 0.25) is 0 Å². The summed E-state index contributed by atoms with van der Waals surface area (Å²) >= 11 is 0. The van der Waals surface area contributed by atoms with Gasteiger partial charge in [0, 0.05) is 12.8 Å². The normalized spacial score (nSPS) is 13.0. The number of unbranched alkanes of at least 4 members (excludes halogenated alkanes) is 30. The maximum absolute atomic E-state index is 12.3. The number of aliphatic hydroxyl groups is 1. The number of carbonyl (C=O) groups is 2. The molecule has 1 atom stereocenters. The van der Waals surface area contributed by atoms with Crippen molar-refractivity contribution < 1.29 is 24.2 Å². The second kappa shape index (κ2) is 65.6. The van der Waals surface area contributed by atoms with Gasteiger partial charge in [-0.25, -0.2) is 0 Å². The molecule has 1 N–H and O–H groups in total. The largest absolute Gasteiger partial charge is 0.462 e. The van der Waals surface area contributed by atoms with Gasteiger partial charge in [0.25, 0.3) is 0 Å². The molecule has 76 heavy (non-hydrogen) atoms. The minimum atomic E-state index is -0.782. The molecule has 0 amide bonds. The van der Waals surface area contributed by atoms with E-state index in [1.807, 2.05) is 0 Å². The molecule has 0 saturated heterocycles. The van der Waals surface area contributed by atoms with E-state index in [1.165, 1.54) is 173 Å². The average Bonchev–Trinajstić information content (AvgIpc) is 3.42. The topological polar surface area (TPSA) is 72.8 Å². The molecule has 0 aromatic carbocycles. The van der Waals surface area contributed by atoms with Crippen molar-refractivity contribution in [3.05, 3.63) is 122 Å². The van der Waals surface area contributed by atoms with Crippen LogP contribution in [-0.4, -0.2) is 36.4 Å². The second-order valence-electron chi connectivity index (χ2n) is 21.1. The first-order valence-electron chi connectivity index (χ1n) is 32.1. The molecule has 0 aliphatic rings. The van der Waals surface area contributed by atoms with E-state index in [4.69, 9.17) is 9.47 Å². The van der Waals surface area contributed by atoms with E-state index >= 15 is 0 Å². The number of rotatable bonds is 58. The zero-order chi connectivity index (χ0) is 54.8. The first kappa shape index (κ1) is 72.3. The monoisotopic (exact) mass is 1050 g/mol. The van der Waals surface area contributed by atoms with Gasteiger partial charge in [0.15, 0.2) is 6.10 Å². The van der Waals surface area contributed by atoms with E-state index in [0.29, 0.717) is 12.8 Å². The third-order valence-electron chi connectivity index (χ3n) is 13.7. The predicted molar refractivity (Wildman–Crippen MR) is 334 cm³/mol. The van der Waals surface area contributed by atoms with Gasteiger partial charge in [-0.1, -0.05) is 296 Å². The highest BCUT2D eigenvalue weighted by Gasteiger charge is 2.16. The lowest BCUT2D eigenvalue weighted by Crippen LogP contribution is -2.28. The number of esters is 2. The van der Waals surface area contributed by atoms with Gasteiger partial charge in [-0.2, -0.15) is 0 Å². The Morgan fingerprint density at radius 1 is 0.316 bits per heavy atom. The zero-order valence-corrected chi connectivity index (χ0v) is 49.7. The second-order valence-corrected chi connectivity index (χ2v) is 21.1. The molecular formula is C71H120O5. The summed E-state index contributed by atoms with van der Waals surface area (Å²) in [5.41, 5.74) is 0. The summed E-state index contributed by atoms with van der Waals surface area (Å²) in [7, 11) is 0. The van der Waals surface area contributed by atoms with Gasteiger partial charge in [0.2, 0.25) is 0 Å². The Morgan fingerprint density at radius 2 is 0.566 bits per heavy atom. The SMILES string of the molecule is CC/C=C\C/C=C\C/C=C\C/C=C\C/C=C\C/C=C\C/C=C\CCCCCCCCCCCCCCCCCCCC(=O)OC(CO)COC(=O)CCCCCCCCCC/C=C\C/C=C\C/C=C\CCCCCCC. The van der Waals surface area contributed by atoms with Gasteiger partial charge >= 0.3 is 11.9 Å². The molecular weight excluding hydrogens is 933 g/mol. The van der Waals surface area contributed by atoms with Gasteiger partial charge in [0.05, 0.1) is 6.61 Å². The summed E-state index contributed by atoms with van der Waals surface area (Å²) in [4.78, 5) is 24.6. The van der Waals surface area contributed by atoms with E-state index in [0.717, 1.165) is 96.3 Å². The first-order chi connectivity index (χ1) is 37.6. The van der Waals surface area contributed by atoms with Gasteiger partial charge in [-0.3, -0.25) is 9.59 Å². The molecule has 0 heterocycles. The van der Waals surface area contributed by atoms with E-state index in [9.17, 15) is 14.7 Å². The summed E-state index contributed by atoms with van der Waals surface area (Å²) in [6.45, 7) is 4.03. The van der Waals surface area contributed by atoms with Crippen LogP contribution in [0.1, 0.15) is 296 Å². The molecule has 5 nitrogen and oxygen atoms in total. The van der Waals surface area contributed by atoms with E-state index in [2.05, 4.69) is 135 Å². The maximum atomic E-state index is 12.3. The molecule has 0 aliphatic heterocycles. The van der Waals surface area contributed by atoms with Crippen molar-refractivity contribution in [2.75, 3.05) is 13.2 Å². The van der Waals surface area contributed by atoms with Crippen LogP contribution in [-0.2, 0) is 19.1 Å². The van der Waals surface area contributed by atoms with Crippen molar-refractivity contribution >= 4 is 11.9 Å². The van der Waals surface area contributed by atoms with Gasteiger partial charge in [-0.05, 0) is 109 Å². The molecule has 0 spiro atoms. The summed E-state index contributed by atoms with van der Waals surface area (Å²) in [5.74, 6) is -0.594. The molecule has 0 aliphatic carbocycles. The van der Waals surface area contributed by atoms with Crippen molar-refractivity contribution in [1.29, 1.82) is 0 Å². The molecule has 0 bridgehead atoms. The fourth-order valence-corrected chi connectivity index (χ4v) is 8.96. The van der Waals surface area contributed by atoms with Crippen LogP contribution in [0.15, 0.2) is 122 Å². The van der Waals surface area contributed by atoms with Crippen LogP contribution in [0.4, 0.5) is 0 Å². The Hall–Kier alpha value is -3.70. The van der Waals surface area contributed by atoms with E-state index < -0.39 is 6.10 Å². The first-order valence-corrected chi connectivity index (χ1v) is 32.1. The van der Waals surface area contributed by atoms with Gasteiger partial charge in [-0.15, -0.1) is 0 Å². The Labute approximate surface area is 471 Å². The molecule has 0 aromatic rings. The number of ether oxygens (including phenoxy) is 2.